The predicted octanol–water partition coefficient (Wildman–Crippen LogP) is 5.00. The Morgan fingerprint density at radius 2 is 1.89 bits per heavy atom. The Morgan fingerprint density at radius 1 is 1.17 bits per heavy atom. The minimum atomic E-state index is 0.607. The first kappa shape index (κ1) is 15.2. The Labute approximate surface area is 118 Å². The molecular formula is C15H21BrO2. The van der Waals surface area contributed by atoms with E-state index in [1.165, 1.54) is 32.1 Å². The number of carbonyl (C=O) groups excluding carboxylic acids is 1. The van der Waals surface area contributed by atoms with Crippen LogP contribution in [0.15, 0.2) is 22.7 Å². The summed E-state index contributed by atoms with van der Waals surface area (Å²) in [6.07, 6.45) is 8.25. The van der Waals surface area contributed by atoms with Gasteiger partial charge in [-0.05, 0) is 34.5 Å². The van der Waals surface area contributed by atoms with Crippen molar-refractivity contribution in [2.45, 2.75) is 45.4 Å². The molecule has 0 spiro atoms. The maximum Gasteiger partial charge on any atom is 0.153 e. The van der Waals surface area contributed by atoms with Crippen LogP contribution in [-0.2, 0) is 0 Å². The van der Waals surface area contributed by atoms with Crippen molar-refractivity contribution >= 4 is 22.2 Å². The van der Waals surface area contributed by atoms with Gasteiger partial charge in [0.25, 0.3) is 0 Å². The highest BCUT2D eigenvalue weighted by atomic mass is 79.9. The zero-order valence-electron chi connectivity index (χ0n) is 11.0. The highest BCUT2D eigenvalue weighted by Gasteiger charge is 2.06. The minimum absolute atomic E-state index is 0.607. The zero-order valence-corrected chi connectivity index (χ0v) is 12.5. The van der Waals surface area contributed by atoms with E-state index in [4.69, 9.17) is 4.74 Å². The zero-order chi connectivity index (χ0) is 13.2. The third-order valence-corrected chi connectivity index (χ3v) is 3.49. The first-order chi connectivity index (χ1) is 8.79. The molecule has 18 heavy (non-hydrogen) atoms. The van der Waals surface area contributed by atoms with Gasteiger partial charge in [-0.1, -0.05) is 45.1 Å². The summed E-state index contributed by atoms with van der Waals surface area (Å²) in [4.78, 5) is 10.9. The number of halogens is 1. The van der Waals surface area contributed by atoms with Gasteiger partial charge < -0.3 is 4.74 Å². The molecule has 0 atom stereocenters. The number of carbonyl (C=O) groups is 1. The molecule has 0 aromatic heterocycles. The molecule has 1 rings (SSSR count). The molecule has 0 bridgehead atoms. The molecule has 0 aliphatic rings. The van der Waals surface area contributed by atoms with Gasteiger partial charge in [-0.3, -0.25) is 4.79 Å². The molecule has 0 aliphatic heterocycles. The SMILES string of the molecule is CCCCCCCCOc1c(Br)cccc1C=O. The molecular weight excluding hydrogens is 292 g/mol. The maximum absolute atomic E-state index is 10.9. The molecule has 0 unspecified atom stereocenters. The van der Waals surface area contributed by atoms with Gasteiger partial charge in [0.05, 0.1) is 16.6 Å². The van der Waals surface area contributed by atoms with Crippen LogP contribution in [-0.4, -0.2) is 12.9 Å². The van der Waals surface area contributed by atoms with Crippen molar-refractivity contribution in [1.29, 1.82) is 0 Å². The summed E-state index contributed by atoms with van der Waals surface area (Å²) in [6.45, 7) is 2.90. The van der Waals surface area contributed by atoms with E-state index in [0.29, 0.717) is 17.9 Å². The van der Waals surface area contributed by atoms with E-state index in [1.54, 1.807) is 6.07 Å². The monoisotopic (exact) mass is 312 g/mol. The van der Waals surface area contributed by atoms with Crippen LogP contribution in [0.5, 0.6) is 5.75 Å². The Kier molecular flexibility index (Phi) is 7.74. The lowest BCUT2D eigenvalue weighted by Crippen LogP contribution is -2.00. The summed E-state index contributed by atoms with van der Waals surface area (Å²) >= 11 is 3.41. The van der Waals surface area contributed by atoms with Crippen LogP contribution in [0.4, 0.5) is 0 Å². The largest absolute Gasteiger partial charge is 0.492 e. The average Bonchev–Trinajstić information content (AvgIpc) is 2.39. The lowest BCUT2D eigenvalue weighted by Gasteiger charge is -2.10. The fourth-order valence-electron chi connectivity index (χ4n) is 1.83. The molecule has 3 heteroatoms. The van der Waals surface area contributed by atoms with Crippen LogP contribution in [0.2, 0.25) is 0 Å². The lowest BCUT2D eigenvalue weighted by atomic mass is 10.1. The topological polar surface area (TPSA) is 26.3 Å². The smallest absolute Gasteiger partial charge is 0.153 e. The second kappa shape index (κ2) is 9.15. The molecule has 100 valence electrons. The summed E-state index contributed by atoms with van der Waals surface area (Å²) in [5, 5.41) is 0. The minimum Gasteiger partial charge on any atom is -0.492 e. The average molecular weight is 313 g/mol. The van der Waals surface area contributed by atoms with E-state index in [0.717, 1.165) is 17.2 Å². The van der Waals surface area contributed by atoms with E-state index in [1.807, 2.05) is 12.1 Å². The standard InChI is InChI=1S/C15H21BrO2/c1-2-3-4-5-6-7-11-18-15-13(12-17)9-8-10-14(15)16/h8-10,12H,2-7,11H2,1H3. The molecule has 0 N–H and O–H groups in total. The van der Waals surface area contributed by atoms with Crippen molar-refractivity contribution < 1.29 is 9.53 Å². The fraction of sp³-hybridized carbons (Fsp3) is 0.533. The van der Waals surface area contributed by atoms with Gasteiger partial charge >= 0.3 is 0 Å². The third-order valence-electron chi connectivity index (χ3n) is 2.87. The van der Waals surface area contributed by atoms with Gasteiger partial charge in [0, 0.05) is 0 Å². The third kappa shape index (κ3) is 5.21. The Hall–Kier alpha value is -0.830. The normalized spacial score (nSPS) is 10.3. The fourth-order valence-corrected chi connectivity index (χ4v) is 2.32. The number of aldehydes is 1. The number of benzene rings is 1. The van der Waals surface area contributed by atoms with Gasteiger partial charge in [0.2, 0.25) is 0 Å². The van der Waals surface area contributed by atoms with Crippen molar-refractivity contribution in [2.24, 2.45) is 0 Å². The van der Waals surface area contributed by atoms with E-state index < -0.39 is 0 Å². The summed E-state index contributed by atoms with van der Waals surface area (Å²) < 4.78 is 6.53. The maximum atomic E-state index is 10.9. The van der Waals surface area contributed by atoms with E-state index in [2.05, 4.69) is 22.9 Å². The van der Waals surface area contributed by atoms with Crippen molar-refractivity contribution in [3.8, 4) is 5.75 Å². The molecule has 0 saturated heterocycles. The number of ether oxygens (including phenoxy) is 1. The lowest BCUT2D eigenvalue weighted by molar-refractivity contribution is 0.111. The number of rotatable bonds is 9. The van der Waals surface area contributed by atoms with Crippen LogP contribution < -0.4 is 4.74 Å². The first-order valence-corrected chi connectivity index (χ1v) is 7.45. The second-order valence-electron chi connectivity index (χ2n) is 4.39. The molecule has 1 aromatic rings. The van der Waals surface area contributed by atoms with Crippen LogP contribution in [0.1, 0.15) is 55.8 Å². The number of hydrogen-bond donors (Lipinski definition) is 0. The van der Waals surface area contributed by atoms with E-state index in [9.17, 15) is 4.79 Å². The van der Waals surface area contributed by atoms with Crippen LogP contribution >= 0.6 is 15.9 Å². The van der Waals surface area contributed by atoms with Gasteiger partial charge in [-0.25, -0.2) is 0 Å². The molecule has 1 aromatic carbocycles. The van der Waals surface area contributed by atoms with Gasteiger partial charge in [-0.2, -0.15) is 0 Å². The van der Waals surface area contributed by atoms with E-state index >= 15 is 0 Å². The molecule has 0 fully saturated rings. The van der Waals surface area contributed by atoms with Gasteiger partial charge in [0.15, 0.2) is 6.29 Å². The highest BCUT2D eigenvalue weighted by molar-refractivity contribution is 9.10. The van der Waals surface area contributed by atoms with E-state index in [-0.39, 0.29) is 0 Å². The Morgan fingerprint density at radius 3 is 2.61 bits per heavy atom. The quantitative estimate of drug-likeness (QED) is 0.473. The predicted molar refractivity (Wildman–Crippen MR) is 78.4 cm³/mol. The van der Waals surface area contributed by atoms with Crippen molar-refractivity contribution in [1.82, 2.24) is 0 Å². The van der Waals surface area contributed by atoms with Crippen LogP contribution in [0, 0.1) is 0 Å². The van der Waals surface area contributed by atoms with Crippen LogP contribution in [0.3, 0.4) is 0 Å². The van der Waals surface area contributed by atoms with Crippen molar-refractivity contribution in [3.63, 3.8) is 0 Å². The van der Waals surface area contributed by atoms with Crippen molar-refractivity contribution in [3.05, 3.63) is 28.2 Å². The van der Waals surface area contributed by atoms with Gasteiger partial charge in [0.1, 0.15) is 5.75 Å². The first-order valence-electron chi connectivity index (χ1n) is 6.66. The molecule has 0 aliphatic carbocycles. The van der Waals surface area contributed by atoms with Crippen molar-refractivity contribution in [2.75, 3.05) is 6.61 Å². The second-order valence-corrected chi connectivity index (χ2v) is 5.25. The summed E-state index contributed by atoms with van der Waals surface area (Å²) in [5.41, 5.74) is 0.607. The Bertz CT molecular complexity index is 364. The summed E-state index contributed by atoms with van der Waals surface area (Å²) in [7, 11) is 0. The number of unbranched alkanes of at least 4 members (excludes halogenated alkanes) is 5. The molecule has 2 nitrogen and oxygen atoms in total. The van der Waals surface area contributed by atoms with Crippen LogP contribution in [0.25, 0.3) is 0 Å². The number of hydrogen-bond acceptors (Lipinski definition) is 2. The Balaban J connectivity index is 2.29. The summed E-state index contributed by atoms with van der Waals surface area (Å²) in [6, 6.07) is 5.50. The molecule has 0 radical (unpaired) electrons. The molecule has 0 saturated carbocycles. The summed E-state index contributed by atoms with van der Waals surface area (Å²) in [5.74, 6) is 0.668. The highest BCUT2D eigenvalue weighted by Crippen LogP contribution is 2.28. The molecule has 0 amide bonds. The molecule has 0 heterocycles. The number of para-hydroxylation sites is 1. The van der Waals surface area contributed by atoms with Gasteiger partial charge in [-0.15, -0.1) is 0 Å².